The number of benzene rings is 10. The third-order valence-electron chi connectivity index (χ3n) is 10.9. The molecule has 0 amide bonds. The smallest absolute Gasteiger partial charge is 0.158 e. The average molecular weight is 761 g/mol. The predicted octanol–water partition coefficient (Wildman–Crippen LogP) is 15.4. The summed E-state index contributed by atoms with van der Waals surface area (Å²) in [7, 11) is 0. The molecule has 0 heterocycles. The molecule has 0 radical (unpaired) electrons. The minimum Gasteiger partial charge on any atom is -0.305 e. The van der Waals surface area contributed by atoms with Gasteiger partial charge in [0.2, 0.25) is 0 Å². The van der Waals surface area contributed by atoms with Crippen molar-refractivity contribution in [3.05, 3.63) is 217 Å². The minimum absolute atomic E-state index is 0.206. The largest absolute Gasteiger partial charge is 0.305 e. The Hall–Kier alpha value is -7.44. The Morgan fingerprint density at radius 1 is 0.310 bits per heavy atom. The molecule has 0 saturated carbocycles. The van der Waals surface area contributed by atoms with Gasteiger partial charge in [-0.25, -0.2) is 17.6 Å². The van der Waals surface area contributed by atoms with Crippen LogP contribution in [0.25, 0.3) is 54.6 Å². The van der Waals surface area contributed by atoms with Crippen molar-refractivity contribution in [3.8, 4) is 22.3 Å². The van der Waals surface area contributed by atoms with Crippen molar-refractivity contribution >= 4 is 66.4 Å². The molecule has 0 aromatic heterocycles. The summed E-state index contributed by atoms with van der Waals surface area (Å²) >= 11 is 0. The summed E-state index contributed by atoms with van der Waals surface area (Å²) in [5.41, 5.74) is 3.66. The Morgan fingerprint density at radius 2 is 0.655 bits per heavy atom. The normalized spacial score (nSPS) is 11.4. The van der Waals surface area contributed by atoms with Gasteiger partial charge in [-0.2, -0.15) is 0 Å². The second kappa shape index (κ2) is 14.3. The standard InChI is InChI=1S/C52H32F4N2/c53-43-29-27-39(33-13-5-1-6-14-33)49(55)51(43)57(37-17-9-3-10-18-37)45-31-23-35-22-26-42-46(32-24-36-21-25-41(45)47(35)48(36)42)58(38-19-11-4-12-20-38)52-44(54)30-28-40(50(52)56)34-15-7-2-8-16-34/h1-32H. The predicted molar refractivity (Wildman–Crippen MR) is 230 cm³/mol. The topological polar surface area (TPSA) is 6.48 Å². The van der Waals surface area contributed by atoms with Gasteiger partial charge in [0.1, 0.15) is 23.0 Å². The van der Waals surface area contributed by atoms with Gasteiger partial charge in [0, 0.05) is 33.3 Å². The summed E-state index contributed by atoms with van der Waals surface area (Å²) in [6.45, 7) is 0. The van der Waals surface area contributed by atoms with Gasteiger partial charge in [0.25, 0.3) is 0 Å². The van der Waals surface area contributed by atoms with Gasteiger partial charge in [-0.3, -0.25) is 0 Å². The van der Waals surface area contributed by atoms with Gasteiger partial charge >= 0.3 is 0 Å². The van der Waals surface area contributed by atoms with E-state index >= 15 is 17.6 Å². The molecule has 0 atom stereocenters. The second-order valence-corrected chi connectivity index (χ2v) is 14.2. The van der Waals surface area contributed by atoms with E-state index in [9.17, 15) is 0 Å². The quantitative estimate of drug-likeness (QED) is 0.112. The summed E-state index contributed by atoms with van der Waals surface area (Å²) in [6.07, 6.45) is 0. The lowest BCUT2D eigenvalue weighted by Gasteiger charge is -2.30. The maximum Gasteiger partial charge on any atom is 0.158 e. The van der Waals surface area contributed by atoms with E-state index in [0.29, 0.717) is 33.9 Å². The van der Waals surface area contributed by atoms with Crippen LogP contribution in [0.3, 0.4) is 0 Å². The van der Waals surface area contributed by atoms with Gasteiger partial charge < -0.3 is 9.80 Å². The van der Waals surface area contributed by atoms with Crippen molar-refractivity contribution in [2.45, 2.75) is 0 Å². The molecule has 10 aromatic rings. The van der Waals surface area contributed by atoms with E-state index in [-0.39, 0.29) is 22.5 Å². The average Bonchev–Trinajstić information content (AvgIpc) is 3.27. The lowest BCUT2D eigenvalue weighted by atomic mass is 9.91. The van der Waals surface area contributed by atoms with Crippen LogP contribution in [-0.4, -0.2) is 0 Å². The van der Waals surface area contributed by atoms with Gasteiger partial charge in [-0.05, 0) is 93.3 Å². The highest BCUT2D eigenvalue weighted by atomic mass is 19.1. The van der Waals surface area contributed by atoms with E-state index in [2.05, 4.69) is 0 Å². The fourth-order valence-electron chi connectivity index (χ4n) is 8.26. The van der Waals surface area contributed by atoms with E-state index in [4.69, 9.17) is 0 Å². The molecule has 0 aliphatic rings. The monoisotopic (exact) mass is 760 g/mol. The summed E-state index contributed by atoms with van der Waals surface area (Å²) in [5.74, 6) is -2.81. The summed E-state index contributed by atoms with van der Waals surface area (Å²) in [6, 6.07) is 57.7. The van der Waals surface area contributed by atoms with Gasteiger partial charge in [0.15, 0.2) is 11.6 Å². The zero-order valence-corrected chi connectivity index (χ0v) is 30.9. The number of hydrogen-bond donors (Lipinski definition) is 0. The van der Waals surface area contributed by atoms with Crippen molar-refractivity contribution in [2.24, 2.45) is 0 Å². The number of halogens is 4. The molecule has 6 heteroatoms. The molecule has 0 saturated heterocycles. The molecule has 0 aliphatic heterocycles. The van der Waals surface area contributed by atoms with Crippen molar-refractivity contribution in [3.63, 3.8) is 0 Å². The van der Waals surface area contributed by atoms with Gasteiger partial charge in [0.05, 0.1) is 11.4 Å². The molecular formula is C52H32F4N2. The molecule has 278 valence electrons. The highest BCUT2D eigenvalue weighted by molar-refractivity contribution is 6.28. The molecule has 0 fully saturated rings. The van der Waals surface area contributed by atoms with Crippen LogP contribution in [0, 0.1) is 23.3 Å². The van der Waals surface area contributed by atoms with Crippen LogP contribution in [0.2, 0.25) is 0 Å². The lowest BCUT2D eigenvalue weighted by molar-refractivity contribution is 0.587. The highest BCUT2D eigenvalue weighted by Crippen LogP contribution is 2.49. The Balaban J connectivity index is 1.24. The third-order valence-corrected chi connectivity index (χ3v) is 10.9. The van der Waals surface area contributed by atoms with Gasteiger partial charge in [-0.15, -0.1) is 0 Å². The number of hydrogen-bond acceptors (Lipinski definition) is 2. The fraction of sp³-hybridized carbons (Fsp3) is 0. The first-order chi connectivity index (χ1) is 28.5. The van der Waals surface area contributed by atoms with E-state index < -0.39 is 23.3 Å². The van der Waals surface area contributed by atoms with Crippen LogP contribution in [0.1, 0.15) is 0 Å². The van der Waals surface area contributed by atoms with Crippen molar-refractivity contribution < 1.29 is 17.6 Å². The highest BCUT2D eigenvalue weighted by Gasteiger charge is 2.28. The van der Waals surface area contributed by atoms with E-state index in [1.165, 1.54) is 24.3 Å². The molecule has 0 N–H and O–H groups in total. The molecule has 2 nitrogen and oxygen atoms in total. The van der Waals surface area contributed by atoms with Crippen LogP contribution in [0.5, 0.6) is 0 Å². The first-order valence-electron chi connectivity index (χ1n) is 19.0. The molecule has 10 rings (SSSR count). The number of rotatable bonds is 8. The van der Waals surface area contributed by atoms with Crippen LogP contribution < -0.4 is 9.80 Å². The van der Waals surface area contributed by atoms with Crippen LogP contribution in [0.4, 0.5) is 51.7 Å². The Kier molecular flexibility index (Phi) is 8.60. The Bertz CT molecular complexity index is 2890. The maximum absolute atomic E-state index is 17.0. The van der Waals surface area contributed by atoms with Crippen LogP contribution >= 0.6 is 0 Å². The lowest BCUT2D eigenvalue weighted by Crippen LogP contribution is -2.15. The Morgan fingerprint density at radius 3 is 1.03 bits per heavy atom. The zero-order valence-electron chi connectivity index (χ0n) is 30.9. The molecule has 10 aromatic carbocycles. The molecule has 0 aliphatic carbocycles. The zero-order chi connectivity index (χ0) is 39.3. The molecule has 58 heavy (non-hydrogen) atoms. The van der Waals surface area contributed by atoms with E-state index in [0.717, 1.165) is 32.3 Å². The second-order valence-electron chi connectivity index (χ2n) is 14.2. The first-order valence-corrected chi connectivity index (χ1v) is 19.0. The summed E-state index contributed by atoms with van der Waals surface area (Å²) in [5, 5.41) is 4.99. The third kappa shape index (κ3) is 5.72. The molecular weight excluding hydrogens is 729 g/mol. The first kappa shape index (κ1) is 35.0. The van der Waals surface area contributed by atoms with Crippen molar-refractivity contribution in [2.75, 3.05) is 9.80 Å². The number of anilines is 6. The van der Waals surface area contributed by atoms with E-state index in [1.54, 1.807) is 34.1 Å². The molecule has 0 bridgehead atoms. The van der Waals surface area contributed by atoms with Gasteiger partial charge in [-0.1, -0.05) is 133 Å². The molecule has 0 unspecified atom stereocenters. The van der Waals surface area contributed by atoms with E-state index in [1.807, 2.05) is 146 Å². The summed E-state index contributed by atoms with van der Waals surface area (Å²) < 4.78 is 66.5. The number of para-hydroxylation sites is 2. The molecule has 0 spiro atoms. The fourth-order valence-corrected chi connectivity index (χ4v) is 8.26. The number of nitrogens with zero attached hydrogens (tertiary/aromatic N) is 2. The maximum atomic E-state index is 17.0. The Labute approximate surface area is 332 Å². The SMILES string of the molecule is Fc1ccc(-c2ccccc2)c(F)c1N(c1ccccc1)c1ccc2ccc3c(N(c4ccccc4)c4c(F)ccc(-c5ccccc5)c4F)ccc4ccc1c2c43. The minimum atomic E-state index is -0.714. The van der Waals surface area contributed by atoms with Crippen molar-refractivity contribution in [1.82, 2.24) is 0 Å². The van der Waals surface area contributed by atoms with Crippen LogP contribution in [-0.2, 0) is 0 Å². The van der Waals surface area contributed by atoms with Crippen molar-refractivity contribution in [1.29, 1.82) is 0 Å². The summed E-state index contributed by atoms with van der Waals surface area (Å²) in [4.78, 5) is 3.28. The van der Waals surface area contributed by atoms with Crippen LogP contribution in [0.15, 0.2) is 194 Å².